The average Bonchev–Trinajstić information content (AvgIpc) is 2.55. The minimum atomic E-state index is -0.374. The Morgan fingerprint density at radius 3 is 2.62 bits per heavy atom. The highest BCUT2D eigenvalue weighted by Crippen LogP contribution is 2.42. The van der Waals surface area contributed by atoms with E-state index in [2.05, 4.69) is 0 Å². The lowest BCUT2D eigenvalue weighted by Gasteiger charge is -2.44. The second-order valence-electron chi connectivity index (χ2n) is 7.24. The third-order valence-corrected chi connectivity index (χ3v) is 5.66. The lowest BCUT2D eigenvalue weighted by atomic mass is 9.65. The van der Waals surface area contributed by atoms with Crippen LogP contribution in [0.1, 0.15) is 32.1 Å². The number of nitrogens with zero attached hydrogens (tertiary/aromatic N) is 1. The van der Waals surface area contributed by atoms with Gasteiger partial charge in [0, 0.05) is 19.0 Å². The van der Waals surface area contributed by atoms with Gasteiger partial charge in [-0.1, -0.05) is 18.6 Å². The quantitative estimate of drug-likeness (QED) is 0.901. The highest BCUT2D eigenvalue weighted by molar-refractivity contribution is 5.78. The monoisotopic (exact) mass is 334 g/mol. The molecule has 0 aromatic heterocycles. The average molecular weight is 334 g/mol. The van der Waals surface area contributed by atoms with Gasteiger partial charge in [0.15, 0.2) is 11.6 Å². The first-order chi connectivity index (χ1) is 11.6. The van der Waals surface area contributed by atoms with Crippen LogP contribution in [-0.2, 0) is 4.79 Å². The van der Waals surface area contributed by atoms with Crippen LogP contribution in [0.2, 0.25) is 0 Å². The molecule has 0 heterocycles. The summed E-state index contributed by atoms with van der Waals surface area (Å²) in [5.41, 5.74) is 6.30. The number of para-hydroxylation sites is 1. The van der Waals surface area contributed by atoms with E-state index in [1.807, 2.05) is 0 Å². The number of hydrogen-bond donors (Lipinski definition) is 1. The summed E-state index contributed by atoms with van der Waals surface area (Å²) in [4.78, 5) is 14.4. The Kier molecular flexibility index (Phi) is 5.39. The first-order valence-corrected chi connectivity index (χ1v) is 8.94. The molecule has 132 valence electrons. The van der Waals surface area contributed by atoms with Crippen molar-refractivity contribution in [1.29, 1.82) is 0 Å². The summed E-state index contributed by atoms with van der Waals surface area (Å²) in [5, 5.41) is 0. The van der Waals surface area contributed by atoms with Crippen LogP contribution in [0, 0.1) is 23.6 Å². The predicted molar refractivity (Wildman–Crippen MR) is 91.1 cm³/mol. The highest BCUT2D eigenvalue weighted by Gasteiger charge is 2.41. The summed E-state index contributed by atoms with van der Waals surface area (Å²) in [6.45, 7) is 0.757. The van der Waals surface area contributed by atoms with Crippen LogP contribution in [0.3, 0.4) is 0 Å². The normalized spacial score (nSPS) is 29.1. The van der Waals surface area contributed by atoms with Gasteiger partial charge >= 0.3 is 0 Å². The molecule has 0 spiro atoms. The van der Waals surface area contributed by atoms with E-state index in [0.29, 0.717) is 25.0 Å². The molecule has 2 bridgehead atoms. The maximum Gasteiger partial charge on any atom is 0.225 e. The predicted octanol–water partition coefficient (Wildman–Crippen LogP) is 2.82. The maximum absolute atomic E-state index is 13.5. The number of rotatable bonds is 5. The first-order valence-electron chi connectivity index (χ1n) is 8.94. The lowest BCUT2D eigenvalue weighted by molar-refractivity contribution is -0.137. The first kappa shape index (κ1) is 17.2. The van der Waals surface area contributed by atoms with Crippen LogP contribution >= 0.6 is 0 Å². The highest BCUT2D eigenvalue weighted by atomic mass is 19.1. The standard InChI is InChI=1S/C19H27FN2O2/c1-22(9-10-24-17-8-3-2-7-16(17)20)19(23)15-11-13-5-4-6-14(12-15)18(13)21/h2-3,7-8,13-15,18H,4-6,9-12,21H2,1H3. The Balaban J connectivity index is 1.49. The van der Waals surface area contributed by atoms with Crippen molar-refractivity contribution in [1.82, 2.24) is 4.90 Å². The van der Waals surface area contributed by atoms with E-state index in [1.165, 1.54) is 12.5 Å². The lowest BCUT2D eigenvalue weighted by Crippen LogP contribution is -2.49. The molecule has 1 aromatic rings. The van der Waals surface area contributed by atoms with Gasteiger partial charge in [-0.15, -0.1) is 0 Å². The van der Waals surface area contributed by atoms with Crippen molar-refractivity contribution < 1.29 is 13.9 Å². The van der Waals surface area contributed by atoms with E-state index in [9.17, 15) is 9.18 Å². The number of benzene rings is 1. The Bertz CT molecular complexity index is 566. The molecule has 2 unspecified atom stereocenters. The van der Waals surface area contributed by atoms with E-state index in [1.54, 1.807) is 30.1 Å². The smallest absolute Gasteiger partial charge is 0.225 e. The summed E-state index contributed by atoms with van der Waals surface area (Å²) in [6.07, 6.45) is 5.38. The largest absolute Gasteiger partial charge is 0.489 e. The molecular formula is C19H27FN2O2. The Labute approximate surface area is 143 Å². The summed E-state index contributed by atoms with van der Waals surface area (Å²) in [6, 6.07) is 6.60. The van der Waals surface area contributed by atoms with Crippen LogP contribution in [-0.4, -0.2) is 37.0 Å². The van der Waals surface area contributed by atoms with Gasteiger partial charge in [0.05, 0.1) is 6.54 Å². The second-order valence-corrected chi connectivity index (χ2v) is 7.24. The van der Waals surface area contributed by atoms with Crippen molar-refractivity contribution in [2.24, 2.45) is 23.5 Å². The number of carbonyl (C=O) groups excluding carboxylic acids is 1. The number of ether oxygens (including phenoxy) is 1. The van der Waals surface area contributed by atoms with Gasteiger partial charge in [0.2, 0.25) is 5.91 Å². The molecule has 2 aliphatic rings. The van der Waals surface area contributed by atoms with Crippen molar-refractivity contribution >= 4 is 5.91 Å². The van der Waals surface area contributed by atoms with Gasteiger partial charge in [-0.2, -0.15) is 0 Å². The zero-order valence-electron chi connectivity index (χ0n) is 14.3. The molecule has 5 heteroatoms. The molecule has 0 saturated heterocycles. The molecule has 2 fully saturated rings. The fourth-order valence-corrected chi connectivity index (χ4v) is 4.27. The molecule has 24 heavy (non-hydrogen) atoms. The molecule has 3 rings (SSSR count). The maximum atomic E-state index is 13.5. The van der Waals surface area contributed by atoms with Gasteiger partial charge in [0.1, 0.15) is 6.61 Å². The van der Waals surface area contributed by atoms with Crippen LogP contribution in [0.5, 0.6) is 5.75 Å². The van der Waals surface area contributed by atoms with Crippen LogP contribution < -0.4 is 10.5 Å². The minimum Gasteiger partial charge on any atom is -0.489 e. The van der Waals surface area contributed by atoms with Crippen molar-refractivity contribution in [3.63, 3.8) is 0 Å². The second kappa shape index (κ2) is 7.51. The number of fused-ring (bicyclic) bond motifs is 2. The summed E-state index contributed by atoms with van der Waals surface area (Å²) in [5.74, 6) is 1.11. The fraction of sp³-hybridized carbons (Fsp3) is 0.632. The van der Waals surface area contributed by atoms with Crippen molar-refractivity contribution in [2.75, 3.05) is 20.2 Å². The zero-order valence-corrected chi connectivity index (χ0v) is 14.3. The van der Waals surface area contributed by atoms with E-state index in [4.69, 9.17) is 10.5 Å². The van der Waals surface area contributed by atoms with Crippen molar-refractivity contribution in [2.45, 2.75) is 38.1 Å². The Morgan fingerprint density at radius 1 is 1.29 bits per heavy atom. The molecule has 0 aliphatic heterocycles. The van der Waals surface area contributed by atoms with Gasteiger partial charge in [-0.3, -0.25) is 4.79 Å². The molecule has 0 radical (unpaired) electrons. The Morgan fingerprint density at radius 2 is 1.96 bits per heavy atom. The molecule has 1 aromatic carbocycles. The minimum absolute atomic E-state index is 0.0820. The number of amides is 1. The molecule has 2 saturated carbocycles. The topological polar surface area (TPSA) is 55.6 Å². The van der Waals surface area contributed by atoms with Crippen LogP contribution in [0.15, 0.2) is 24.3 Å². The molecular weight excluding hydrogens is 307 g/mol. The molecule has 1 amide bonds. The number of hydrogen-bond acceptors (Lipinski definition) is 3. The molecule has 4 nitrogen and oxygen atoms in total. The molecule has 2 N–H and O–H groups in total. The Hall–Kier alpha value is -1.62. The van der Waals surface area contributed by atoms with E-state index in [0.717, 1.165) is 25.7 Å². The van der Waals surface area contributed by atoms with Gasteiger partial charge < -0.3 is 15.4 Å². The zero-order chi connectivity index (χ0) is 17.1. The third kappa shape index (κ3) is 3.72. The fourth-order valence-electron chi connectivity index (χ4n) is 4.27. The van der Waals surface area contributed by atoms with Gasteiger partial charge in [-0.25, -0.2) is 4.39 Å². The number of nitrogens with two attached hydrogens (primary N) is 1. The summed E-state index contributed by atoms with van der Waals surface area (Å²) >= 11 is 0. The van der Waals surface area contributed by atoms with Crippen molar-refractivity contribution in [3.05, 3.63) is 30.1 Å². The van der Waals surface area contributed by atoms with E-state index in [-0.39, 0.29) is 29.4 Å². The number of likely N-dealkylation sites (N-methyl/N-ethyl adjacent to an activating group) is 1. The van der Waals surface area contributed by atoms with Crippen LogP contribution in [0.4, 0.5) is 4.39 Å². The number of halogens is 1. The van der Waals surface area contributed by atoms with Crippen LogP contribution in [0.25, 0.3) is 0 Å². The van der Waals surface area contributed by atoms with Gasteiger partial charge in [-0.05, 0) is 49.7 Å². The third-order valence-electron chi connectivity index (χ3n) is 5.66. The summed E-state index contributed by atoms with van der Waals surface area (Å²) < 4.78 is 19.0. The SMILES string of the molecule is CN(CCOc1ccccc1F)C(=O)C1CC2CCCC(C1)C2N. The number of carbonyl (C=O) groups is 1. The van der Waals surface area contributed by atoms with E-state index < -0.39 is 0 Å². The van der Waals surface area contributed by atoms with Crippen molar-refractivity contribution in [3.8, 4) is 5.75 Å². The van der Waals surface area contributed by atoms with E-state index >= 15 is 0 Å². The molecule has 2 atom stereocenters. The van der Waals surface area contributed by atoms with Gasteiger partial charge in [0.25, 0.3) is 0 Å². The summed E-state index contributed by atoms with van der Waals surface area (Å²) in [7, 11) is 1.80. The molecule has 2 aliphatic carbocycles.